The number of carbonyl (C=O) groups is 3. The number of benzene rings is 2. The molecule has 2 N–H and O–H groups in total. The number of carbonyl (C=O) groups excluding carboxylic acids is 2. The van der Waals surface area contributed by atoms with Gasteiger partial charge in [-0.25, -0.2) is 14.2 Å². The second-order valence-corrected chi connectivity index (χ2v) is 11.9. The molecule has 1 saturated carbocycles. The van der Waals surface area contributed by atoms with E-state index in [4.69, 9.17) is 23.2 Å². The number of rotatable bonds is 7. The predicted molar refractivity (Wildman–Crippen MR) is 155 cm³/mol. The van der Waals surface area contributed by atoms with Gasteiger partial charge in [0.05, 0.1) is 17.4 Å². The molecule has 212 valence electrons. The Labute approximate surface area is 246 Å². The minimum atomic E-state index is -1.36. The molecule has 11 heteroatoms. The van der Waals surface area contributed by atoms with E-state index in [9.17, 15) is 19.5 Å². The molecule has 0 aromatic heterocycles. The zero-order chi connectivity index (χ0) is 29.1. The van der Waals surface area contributed by atoms with Gasteiger partial charge in [-0.05, 0) is 66.8 Å². The number of allylic oxidation sites excluding steroid dienone is 1. The van der Waals surface area contributed by atoms with Crippen LogP contribution in [0.1, 0.15) is 28.8 Å². The maximum absolute atomic E-state index is 16.4. The monoisotopic (exact) mass is 596 g/mol. The fourth-order valence-electron chi connectivity index (χ4n) is 6.65. The molecule has 0 radical (unpaired) electrons. The number of nitrogens with one attached hydrogen (secondary N) is 1. The van der Waals surface area contributed by atoms with E-state index in [2.05, 4.69) is 21.8 Å². The number of carboxylic acids is 1. The number of fused-ring (bicyclic) bond motifs is 2. The summed E-state index contributed by atoms with van der Waals surface area (Å²) in [5.41, 5.74) is 0.640. The normalized spacial score (nSPS) is 27.8. The van der Waals surface area contributed by atoms with Gasteiger partial charge in [0.1, 0.15) is 16.5 Å². The van der Waals surface area contributed by atoms with Crippen molar-refractivity contribution in [3.05, 3.63) is 82.3 Å². The average molecular weight is 597 g/mol. The van der Waals surface area contributed by atoms with E-state index in [0.29, 0.717) is 28.9 Å². The van der Waals surface area contributed by atoms with Crippen molar-refractivity contribution >= 4 is 58.6 Å². The van der Waals surface area contributed by atoms with Gasteiger partial charge in [-0.15, -0.1) is 0 Å². The Hall–Kier alpha value is -3.53. The van der Waals surface area contributed by atoms with Crippen molar-refractivity contribution in [3.8, 4) is 0 Å². The summed E-state index contributed by atoms with van der Waals surface area (Å²) >= 11 is 11.9. The second kappa shape index (κ2) is 10.4. The largest absolute Gasteiger partial charge is 0.478 e. The summed E-state index contributed by atoms with van der Waals surface area (Å²) in [6.07, 6.45) is 4.54. The van der Waals surface area contributed by atoms with E-state index < -0.39 is 35.2 Å². The molecule has 2 aromatic carbocycles. The zero-order valence-corrected chi connectivity index (χ0v) is 23.4. The fraction of sp³-hybridized carbons (Fsp3) is 0.333. The Morgan fingerprint density at radius 1 is 1.22 bits per heavy atom. The summed E-state index contributed by atoms with van der Waals surface area (Å²) in [5, 5.41) is 12.7. The Balaban J connectivity index is 1.47. The second-order valence-electron chi connectivity index (χ2n) is 11.0. The van der Waals surface area contributed by atoms with Crippen LogP contribution in [0.25, 0.3) is 0 Å². The highest BCUT2D eigenvalue weighted by Crippen LogP contribution is 2.56. The zero-order valence-electron chi connectivity index (χ0n) is 21.9. The van der Waals surface area contributed by atoms with Crippen molar-refractivity contribution in [1.29, 1.82) is 0 Å². The highest BCUT2D eigenvalue weighted by Gasteiger charge is 2.69. The van der Waals surface area contributed by atoms with Gasteiger partial charge in [0, 0.05) is 48.2 Å². The molecule has 6 rings (SSSR count). The molecule has 0 unspecified atom stereocenters. The summed E-state index contributed by atoms with van der Waals surface area (Å²) in [6.45, 7) is 4.28. The summed E-state index contributed by atoms with van der Waals surface area (Å²) in [7, 11) is 0. The van der Waals surface area contributed by atoms with Crippen LogP contribution in [0, 0.1) is 17.8 Å². The van der Waals surface area contributed by atoms with E-state index in [1.807, 2.05) is 6.07 Å². The van der Waals surface area contributed by atoms with E-state index in [-0.39, 0.29) is 35.5 Å². The minimum Gasteiger partial charge on any atom is -0.478 e. The van der Waals surface area contributed by atoms with Crippen molar-refractivity contribution in [2.45, 2.75) is 30.8 Å². The number of hydrogen-bond acceptors (Lipinski definition) is 5. The lowest BCUT2D eigenvalue weighted by Gasteiger charge is -2.46. The first-order valence-electron chi connectivity index (χ1n) is 13.4. The lowest BCUT2D eigenvalue weighted by Crippen LogP contribution is -2.63. The van der Waals surface area contributed by atoms with Crippen LogP contribution >= 0.6 is 23.2 Å². The van der Waals surface area contributed by atoms with Crippen LogP contribution in [-0.2, 0) is 16.0 Å². The SMILES string of the molecule is C=C(Cl)/N=C\C=C(/F)[C@H]1[C@@H]2C(=O)N(c3ccc(C(=O)O)cc3)C[C@@H]2N(CC2CC2)[C@]12Cc1ccc(Cl)cc1NC2=O. The standard InChI is InChI=1S/C30H27Cl2FN4O4/c1-16(31)34-11-10-22(33)26-25-24(15-36(27(25)38)21-8-5-18(6-9-21)28(39)40)37(14-17-2-3-17)30(26)13-19-4-7-20(32)12-23(19)35-29(30)41/h4-12,17,24-26H,1-3,13-15H2,(H,35,41)(H,39,40)/b22-10-,34-11-/t24-,25+,26-,30+/m0/s1. The van der Waals surface area contributed by atoms with Crippen LogP contribution in [0.15, 0.2) is 71.1 Å². The maximum Gasteiger partial charge on any atom is 0.335 e. The molecule has 3 aliphatic heterocycles. The van der Waals surface area contributed by atoms with Crippen LogP contribution in [0.2, 0.25) is 5.02 Å². The summed E-state index contributed by atoms with van der Waals surface area (Å²) in [4.78, 5) is 47.1. The fourth-order valence-corrected chi connectivity index (χ4v) is 6.88. The average Bonchev–Trinajstić information content (AvgIpc) is 3.64. The molecular weight excluding hydrogens is 570 g/mol. The molecule has 2 amide bonds. The molecule has 41 heavy (non-hydrogen) atoms. The number of nitrogens with zero attached hydrogens (tertiary/aromatic N) is 3. The molecule has 3 heterocycles. The number of anilines is 2. The smallest absolute Gasteiger partial charge is 0.335 e. The van der Waals surface area contributed by atoms with Crippen molar-refractivity contribution in [3.63, 3.8) is 0 Å². The lowest BCUT2D eigenvalue weighted by molar-refractivity contribution is -0.130. The number of aliphatic imine (C=N–C) groups is 1. The Morgan fingerprint density at radius 3 is 2.61 bits per heavy atom. The third-order valence-electron chi connectivity index (χ3n) is 8.62. The van der Waals surface area contributed by atoms with Gasteiger partial charge in [0.25, 0.3) is 0 Å². The summed E-state index contributed by atoms with van der Waals surface area (Å²) in [5.74, 6) is -4.05. The van der Waals surface area contributed by atoms with E-state index >= 15 is 4.39 Å². The van der Waals surface area contributed by atoms with Crippen molar-refractivity contribution < 1.29 is 23.9 Å². The highest BCUT2D eigenvalue weighted by molar-refractivity contribution is 6.31. The van der Waals surface area contributed by atoms with Crippen LogP contribution < -0.4 is 10.2 Å². The van der Waals surface area contributed by atoms with Crippen LogP contribution in [0.5, 0.6) is 0 Å². The summed E-state index contributed by atoms with van der Waals surface area (Å²) in [6, 6.07) is 10.8. The molecule has 1 aliphatic carbocycles. The Kier molecular flexibility index (Phi) is 7.00. The third kappa shape index (κ3) is 4.75. The van der Waals surface area contributed by atoms with E-state index in [0.717, 1.165) is 24.5 Å². The predicted octanol–water partition coefficient (Wildman–Crippen LogP) is 5.28. The molecule has 2 aromatic rings. The van der Waals surface area contributed by atoms with Gasteiger partial charge in [-0.2, -0.15) is 0 Å². The van der Waals surface area contributed by atoms with Gasteiger partial charge in [-0.1, -0.05) is 35.8 Å². The number of likely N-dealkylation sites (tertiary alicyclic amines) is 1. The molecule has 8 nitrogen and oxygen atoms in total. The van der Waals surface area contributed by atoms with Crippen LogP contribution in [0.3, 0.4) is 0 Å². The molecule has 4 aliphatic rings. The van der Waals surface area contributed by atoms with Crippen molar-refractivity contribution in [2.75, 3.05) is 23.3 Å². The van der Waals surface area contributed by atoms with Crippen LogP contribution in [-0.4, -0.2) is 58.7 Å². The molecular formula is C30H27Cl2FN4O4. The maximum atomic E-state index is 16.4. The number of halogens is 3. The number of carboxylic acid groups (broad SMARTS) is 1. The van der Waals surface area contributed by atoms with Gasteiger partial charge in [0.2, 0.25) is 11.8 Å². The Morgan fingerprint density at radius 2 is 1.95 bits per heavy atom. The Bertz CT molecular complexity index is 1520. The topological polar surface area (TPSA) is 102 Å². The molecule has 4 atom stereocenters. The van der Waals surface area contributed by atoms with Crippen molar-refractivity contribution in [1.82, 2.24) is 4.90 Å². The number of aromatic carboxylic acids is 1. The molecule has 1 spiro atoms. The molecule has 3 fully saturated rings. The third-order valence-corrected chi connectivity index (χ3v) is 8.95. The van der Waals surface area contributed by atoms with Crippen LogP contribution in [0.4, 0.5) is 15.8 Å². The quantitative estimate of drug-likeness (QED) is 0.334. The molecule has 0 bridgehead atoms. The van der Waals surface area contributed by atoms with E-state index in [1.54, 1.807) is 29.2 Å². The highest BCUT2D eigenvalue weighted by atomic mass is 35.5. The first-order chi connectivity index (χ1) is 19.6. The van der Waals surface area contributed by atoms with Gasteiger partial charge >= 0.3 is 5.97 Å². The minimum absolute atomic E-state index is 0.0300. The molecule has 2 saturated heterocycles. The van der Waals surface area contributed by atoms with E-state index in [1.165, 1.54) is 18.3 Å². The van der Waals surface area contributed by atoms with Crippen molar-refractivity contribution in [2.24, 2.45) is 22.7 Å². The van der Waals surface area contributed by atoms with Gasteiger partial charge in [-0.3, -0.25) is 14.5 Å². The van der Waals surface area contributed by atoms with Gasteiger partial charge < -0.3 is 15.3 Å². The number of amides is 2. The lowest BCUT2D eigenvalue weighted by atomic mass is 9.72. The first kappa shape index (κ1) is 27.6. The van der Waals surface area contributed by atoms with Gasteiger partial charge in [0.15, 0.2) is 0 Å². The summed E-state index contributed by atoms with van der Waals surface area (Å²) < 4.78 is 16.4. The number of hydrogen-bond donors (Lipinski definition) is 2. The first-order valence-corrected chi connectivity index (χ1v) is 14.1.